The zero-order valence-corrected chi connectivity index (χ0v) is 8.67. The Kier molecular flexibility index (Phi) is 3.71. The van der Waals surface area contributed by atoms with Gasteiger partial charge >= 0.3 is 5.97 Å². The van der Waals surface area contributed by atoms with E-state index in [9.17, 15) is 4.79 Å². The van der Waals surface area contributed by atoms with Crippen LogP contribution in [0.3, 0.4) is 0 Å². The van der Waals surface area contributed by atoms with Gasteiger partial charge < -0.3 is 9.03 Å². The number of aromatic nitrogens is 1. The molecule has 0 bridgehead atoms. The van der Waals surface area contributed by atoms with Gasteiger partial charge in [0.1, 0.15) is 17.4 Å². The summed E-state index contributed by atoms with van der Waals surface area (Å²) >= 11 is 4.98. The van der Waals surface area contributed by atoms with E-state index in [1.807, 2.05) is 6.92 Å². The van der Waals surface area contributed by atoms with Crippen LogP contribution in [0.5, 0.6) is 5.88 Å². The Morgan fingerprint density at radius 2 is 2.36 bits per heavy atom. The second kappa shape index (κ2) is 4.81. The summed E-state index contributed by atoms with van der Waals surface area (Å²) < 4.78 is 8.99. The Hall–Kier alpha value is -1.29. The molecule has 1 aromatic rings. The lowest BCUT2D eigenvalue weighted by Gasteiger charge is -2.05. The fourth-order valence-corrected chi connectivity index (χ4v) is 1.12. The smallest absolute Gasteiger partial charge is 0.361 e. The van der Waals surface area contributed by atoms with E-state index in [0.717, 1.165) is 12.0 Å². The fourth-order valence-electron chi connectivity index (χ4n) is 1.04. The van der Waals surface area contributed by atoms with Crippen LogP contribution in [0.25, 0.3) is 0 Å². The Balaban J connectivity index is 3.14. The van der Waals surface area contributed by atoms with Crippen LogP contribution < -0.4 is 4.74 Å². The van der Waals surface area contributed by atoms with Crippen molar-refractivity contribution >= 4 is 17.8 Å². The third kappa shape index (κ3) is 2.14. The van der Waals surface area contributed by atoms with Gasteiger partial charge in [0.15, 0.2) is 0 Å². The lowest BCUT2D eigenvalue weighted by atomic mass is 10.1. The molecular weight excluding hydrogens is 206 g/mol. The van der Waals surface area contributed by atoms with E-state index >= 15 is 0 Å². The SMILES string of the molecule is CCc1cnc(OC)c(C(=O)OCl)c1. The number of carbonyl (C=O) groups excluding carboxylic acids is 1. The van der Waals surface area contributed by atoms with Gasteiger partial charge in [-0.2, -0.15) is 0 Å². The van der Waals surface area contributed by atoms with E-state index in [2.05, 4.69) is 9.27 Å². The molecule has 0 unspecified atom stereocenters. The summed E-state index contributed by atoms with van der Waals surface area (Å²) in [4.78, 5) is 15.1. The normalized spacial score (nSPS) is 9.64. The Labute approximate surface area is 87.0 Å². The molecule has 0 aliphatic heterocycles. The molecule has 0 aromatic carbocycles. The van der Waals surface area contributed by atoms with E-state index in [0.29, 0.717) is 0 Å². The van der Waals surface area contributed by atoms with Crippen LogP contribution in [-0.2, 0) is 10.7 Å². The third-order valence-corrected chi connectivity index (χ3v) is 1.94. The van der Waals surface area contributed by atoms with Crippen LogP contribution in [0.1, 0.15) is 22.8 Å². The second-order valence-corrected chi connectivity index (χ2v) is 2.77. The molecule has 0 radical (unpaired) electrons. The minimum absolute atomic E-state index is 0.216. The van der Waals surface area contributed by atoms with Crippen molar-refractivity contribution in [2.75, 3.05) is 7.11 Å². The molecule has 0 spiro atoms. The molecule has 0 fully saturated rings. The Morgan fingerprint density at radius 1 is 1.64 bits per heavy atom. The average molecular weight is 216 g/mol. The number of rotatable bonds is 3. The van der Waals surface area contributed by atoms with Crippen LogP contribution in [0, 0.1) is 0 Å². The molecule has 1 heterocycles. The lowest BCUT2D eigenvalue weighted by Crippen LogP contribution is -2.04. The topological polar surface area (TPSA) is 48.4 Å². The van der Waals surface area contributed by atoms with Gasteiger partial charge in [0.25, 0.3) is 0 Å². The molecule has 1 aromatic heterocycles. The molecular formula is C9H10ClNO3. The van der Waals surface area contributed by atoms with Gasteiger partial charge in [-0.1, -0.05) is 6.92 Å². The number of methoxy groups -OCH3 is 1. The van der Waals surface area contributed by atoms with E-state index in [4.69, 9.17) is 16.6 Å². The molecule has 4 nitrogen and oxygen atoms in total. The maximum absolute atomic E-state index is 11.2. The Morgan fingerprint density at radius 3 is 2.86 bits per heavy atom. The van der Waals surface area contributed by atoms with Crippen molar-refractivity contribution in [2.45, 2.75) is 13.3 Å². The largest absolute Gasteiger partial charge is 0.480 e. The molecule has 0 aliphatic rings. The molecule has 0 atom stereocenters. The highest BCUT2D eigenvalue weighted by Crippen LogP contribution is 2.18. The summed E-state index contributed by atoms with van der Waals surface area (Å²) in [5.41, 5.74) is 1.16. The van der Waals surface area contributed by atoms with E-state index in [1.165, 1.54) is 7.11 Å². The van der Waals surface area contributed by atoms with Crippen molar-refractivity contribution in [3.63, 3.8) is 0 Å². The van der Waals surface area contributed by atoms with Crippen LogP contribution in [0.4, 0.5) is 0 Å². The summed E-state index contributed by atoms with van der Waals surface area (Å²) in [5.74, 6) is -0.445. The predicted octanol–water partition coefficient (Wildman–Crippen LogP) is 1.96. The van der Waals surface area contributed by atoms with E-state index < -0.39 is 5.97 Å². The highest BCUT2D eigenvalue weighted by molar-refractivity contribution is 6.16. The molecule has 0 saturated carbocycles. The van der Waals surface area contributed by atoms with Gasteiger partial charge in [-0.3, -0.25) is 0 Å². The van der Waals surface area contributed by atoms with E-state index in [-0.39, 0.29) is 11.4 Å². The van der Waals surface area contributed by atoms with Gasteiger partial charge in [0, 0.05) is 6.20 Å². The first kappa shape index (κ1) is 10.8. The quantitative estimate of drug-likeness (QED) is 0.774. The van der Waals surface area contributed by atoms with Gasteiger partial charge in [-0.25, -0.2) is 9.78 Å². The fraction of sp³-hybridized carbons (Fsp3) is 0.333. The lowest BCUT2D eigenvalue weighted by molar-refractivity contribution is 0.0747. The zero-order valence-electron chi connectivity index (χ0n) is 7.91. The molecule has 0 saturated heterocycles. The summed E-state index contributed by atoms with van der Waals surface area (Å²) in [7, 11) is 1.43. The standard InChI is InChI=1S/C9H10ClNO3/c1-3-6-4-7(9(12)14-10)8(13-2)11-5-6/h4-5H,3H2,1-2H3. The summed E-state index contributed by atoms with van der Waals surface area (Å²) in [5, 5.41) is 0. The summed E-state index contributed by atoms with van der Waals surface area (Å²) in [6.45, 7) is 1.96. The highest BCUT2D eigenvalue weighted by Gasteiger charge is 2.15. The maximum Gasteiger partial charge on any atom is 0.361 e. The molecule has 5 heteroatoms. The van der Waals surface area contributed by atoms with Crippen molar-refractivity contribution in [1.82, 2.24) is 4.98 Å². The number of hydrogen-bond donors (Lipinski definition) is 0. The van der Waals surface area contributed by atoms with Gasteiger partial charge in [-0.15, -0.1) is 0 Å². The molecule has 0 N–H and O–H groups in total. The van der Waals surface area contributed by atoms with Crippen molar-refractivity contribution in [3.8, 4) is 5.88 Å². The number of halogens is 1. The summed E-state index contributed by atoms with van der Waals surface area (Å²) in [6, 6.07) is 1.65. The first-order chi connectivity index (χ1) is 6.72. The molecule has 0 amide bonds. The number of aryl methyl sites for hydroxylation is 1. The third-order valence-electron chi connectivity index (χ3n) is 1.80. The van der Waals surface area contributed by atoms with Crippen LogP contribution in [0.2, 0.25) is 0 Å². The molecule has 76 valence electrons. The summed E-state index contributed by atoms with van der Waals surface area (Å²) in [6.07, 6.45) is 2.42. The number of carbonyl (C=O) groups is 1. The number of hydrogen-bond acceptors (Lipinski definition) is 4. The molecule has 1 rings (SSSR count). The average Bonchev–Trinajstić information content (AvgIpc) is 2.27. The maximum atomic E-state index is 11.2. The van der Waals surface area contributed by atoms with Gasteiger partial charge in [-0.05, 0) is 18.1 Å². The van der Waals surface area contributed by atoms with Crippen LogP contribution in [0.15, 0.2) is 12.3 Å². The second-order valence-electron chi connectivity index (χ2n) is 2.62. The predicted molar refractivity (Wildman–Crippen MR) is 51.4 cm³/mol. The minimum Gasteiger partial charge on any atom is -0.480 e. The number of pyridine rings is 1. The van der Waals surface area contributed by atoms with Crippen molar-refractivity contribution in [1.29, 1.82) is 0 Å². The number of nitrogens with zero attached hydrogens (tertiary/aromatic N) is 1. The minimum atomic E-state index is -0.661. The van der Waals surface area contributed by atoms with Crippen LogP contribution >= 0.6 is 11.9 Å². The zero-order chi connectivity index (χ0) is 10.6. The van der Waals surface area contributed by atoms with Gasteiger partial charge in [0.05, 0.1) is 7.11 Å². The van der Waals surface area contributed by atoms with Crippen molar-refractivity contribution in [3.05, 3.63) is 23.4 Å². The van der Waals surface area contributed by atoms with Gasteiger partial charge in [0.2, 0.25) is 5.88 Å². The Bertz CT molecular complexity index is 341. The first-order valence-corrected chi connectivity index (χ1v) is 4.39. The number of ether oxygens (including phenoxy) is 1. The molecule has 14 heavy (non-hydrogen) atoms. The monoisotopic (exact) mass is 215 g/mol. The van der Waals surface area contributed by atoms with Crippen molar-refractivity contribution < 1.29 is 13.8 Å². The highest BCUT2D eigenvalue weighted by atomic mass is 35.5. The van der Waals surface area contributed by atoms with Crippen LogP contribution in [-0.4, -0.2) is 18.1 Å². The van der Waals surface area contributed by atoms with E-state index in [1.54, 1.807) is 12.3 Å². The van der Waals surface area contributed by atoms with Crippen molar-refractivity contribution in [2.24, 2.45) is 0 Å². The first-order valence-electron chi connectivity index (χ1n) is 4.08. The molecule has 0 aliphatic carbocycles.